The van der Waals surface area contributed by atoms with E-state index in [2.05, 4.69) is 6.58 Å². The average molecular weight is 285 g/mol. The summed E-state index contributed by atoms with van der Waals surface area (Å²) in [5.41, 5.74) is 0.885. The summed E-state index contributed by atoms with van der Waals surface area (Å²) in [5.74, 6) is -0.877. The van der Waals surface area contributed by atoms with Crippen LogP contribution in [0.25, 0.3) is 12.7 Å². The Balaban J connectivity index is 3.49. The van der Waals surface area contributed by atoms with Crippen LogP contribution in [0.2, 0.25) is 0 Å². The summed E-state index contributed by atoms with van der Waals surface area (Å²) < 4.78 is 6.72. The normalized spacial score (nSPS) is 12.1. The van der Waals surface area contributed by atoms with E-state index in [1.165, 1.54) is 10.6 Å². The molecule has 1 aromatic heterocycles. The van der Waals surface area contributed by atoms with E-state index in [4.69, 9.17) is 15.3 Å². The molecule has 5 nitrogen and oxygen atoms in total. The van der Waals surface area contributed by atoms with E-state index in [0.717, 1.165) is 5.56 Å². The Labute approximate surface area is 124 Å². The highest BCUT2D eigenvalue weighted by Gasteiger charge is 2.21. The number of ether oxygens (including phenoxy) is 1. The van der Waals surface area contributed by atoms with E-state index in [9.17, 15) is 4.79 Å². The van der Waals surface area contributed by atoms with Gasteiger partial charge in [-0.15, -0.1) is 0 Å². The van der Waals surface area contributed by atoms with E-state index in [1.807, 2.05) is 19.1 Å². The molecule has 1 aromatic rings. The largest absolute Gasteiger partial charge is 0.443 e. The van der Waals surface area contributed by atoms with Crippen molar-refractivity contribution in [3.63, 3.8) is 0 Å². The Morgan fingerprint density at radius 2 is 1.86 bits per heavy atom. The zero-order chi connectivity index (χ0) is 16.4. The Hall–Kier alpha value is -2.53. The SMILES string of the molecule is C=c1/c(=C/C(C#N)C#N)c(C)c(C)n1C(=O)OC(C)(C)C. The van der Waals surface area contributed by atoms with Gasteiger partial charge in [-0.05, 0) is 46.3 Å². The smallest absolute Gasteiger partial charge is 0.419 e. The lowest BCUT2D eigenvalue weighted by atomic mass is 10.1. The number of nitriles is 2. The predicted octanol–water partition coefficient (Wildman–Crippen LogP) is 1.74. The van der Waals surface area contributed by atoms with Crippen molar-refractivity contribution in [2.75, 3.05) is 0 Å². The molecule has 0 bridgehead atoms. The lowest BCUT2D eigenvalue weighted by Gasteiger charge is -2.20. The average Bonchev–Trinajstić information content (AvgIpc) is 2.56. The molecular formula is C16H19N3O2. The van der Waals surface area contributed by atoms with Crippen molar-refractivity contribution in [2.45, 2.75) is 40.2 Å². The van der Waals surface area contributed by atoms with Gasteiger partial charge in [0.2, 0.25) is 0 Å². The summed E-state index contributed by atoms with van der Waals surface area (Å²) in [6.45, 7) is 12.8. The molecule has 21 heavy (non-hydrogen) atoms. The van der Waals surface area contributed by atoms with E-state index < -0.39 is 17.6 Å². The van der Waals surface area contributed by atoms with Gasteiger partial charge in [-0.25, -0.2) is 4.79 Å². The summed E-state index contributed by atoms with van der Waals surface area (Å²) in [6, 6.07) is 3.76. The maximum atomic E-state index is 12.2. The van der Waals surface area contributed by atoms with Crippen LogP contribution in [0.5, 0.6) is 0 Å². The highest BCUT2D eigenvalue weighted by atomic mass is 16.6. The molecule has 1 heterocycles. The molecule has 0 saturated heterocycles. The van der Waals surface area contributed by atoms with Gasteiger partial charge in [0.05, 0.1) is 17.5 Å². The van der Waals surface area contributed by atoms with Crippen LogP contribution in [0.3, 0.4) is 0 Å². The first-order chi connectivity index (χ1) is 9.62. The van der Waals surface area contributed by atoms with E-state index >= 15 is 0 Å². The zero-order valence-corrected chi connectivity index (χ0v) is 13.0. The number of hydrogen-bond acceptors (Lipinski definition) is 4. The summed E-state index contributed by atoms with van der Waals surface area (Å²) in [4.78, 5) is 12.2. The first-order valence-electron chi connectivity index (χ1n) is 6.53. The van der Waals surface area contributed by atoms with Gasteiger partial charge in [0.25, 0.3) is 0 Å². The minimum absolute atomic E-state index is 0.426. The highest BCUT2D eigenvalue weighted by molar-refractivity contribution is 5.73. The number of hydrogen-bond donors (Lipinski definition) is 0. The molecule has 5 heteroatoms. The molecule has 0 atom stereocenters. The second-order valence-corrected chi connectivity index (χ2v) is 5.79. The van der Waals surface area contributed by atoms with Gasteiger partial charge in [-0.1, -0.05) is 6.58 Å². The van der Waals surface area contributed by atoms with Gasteiger partial charge in [-0.2, -0.15) is 10.5 Å². The predicted molar refractivity (Wildman–Crippen MR) is 79.5 cm³/mol. The van der Waals surface area contributed by atoms with Crippen molar-refractivity contribution < 1.29 is 9.53 Å². The first-order valence-corrected chi connectivity index (χ1v) is 6.53. The summed E-state index contributed by atoms with van der Waals surface area (Å²) in [7, 11) is 0. The van der Waals surface area contributed by atoms with Crippen molar-refractivity contribution >= 4 is 18.7 Å². The monoisotopic (exact) mass is 285 g/mol. The number of nitrogens with zero attached hydrogens (tertiary/aromatic N) is 3. The first kappa shape index (κ1) is 16.5. The van der Waals surface area contributed by atoms with Crippen molar-refractivity contribution in [3.05, 3.63) is 21.8 Å². The van der Waals surface area contributed by atoms with Crippen LogP contribution in [0, 0.1) is 42.4 Å². The van der Waals surface area contributed by atoms with Crippen LogP contribution in [-0.4, -0.2) is 16.3 Å². The van der Waals surface area contributed by atoms with Crippen LogP contribution in [-0.2, 0) is 4.74 Å². The van der Waals surface area contributed by atoms with E-state index in [1.54, 1.807) is 27.7 Å². The molecule has 0 spiro atoms. The summed E-state index contributed by atoms with van der Waals surface area (Å²) >= 11 is 0. The molecule has 0 saturated carbocycles. The Morgan fingerprint density at radius 1 is 1.33 bits per heavy atom. The quantitative estimate of drug-likeness (QED) is 0.787. The Kier molecular flexibility index (Phi) is 4.60. The third-order valence-corrected chi connectivity index (χ3v) is 3.05. The van der Waals surface area contributed by atoms with Gasteiger partial charge in [0.15, 0.2) is 5.92 Å². The molecule has 0 unspecified atom stereocenters. The van der Waals surface area contributed by atoms with Gasteiger partial charge in [0, 0.05) is 10.9 Å². The van der Waals surface area contributed by atoms with Crippen LogP contribution in [0.4, 0.5) is 4.79 Å². The topological polar surface area (TPSA) is 78.8 Å². The fraction of sp³-hybridized carbons (Fsp3) is 0.438. The molecule has 0 aliphatic carbocycles. The summed E-state index contributed by atoms with van der Waals surface area (Å²) in [5, 5.41) is 18.8. The molecule has 0 N–H and O–H groups in total. The lowest BCUT2D eigenvalue weighted by molar-refractivity contribution is 0.0529. The molecular weight excluding hydrogens is 266 g/mol. The van der Waals surface area contributed by atoms with Gasteiger partial charge >= 0.3 is 6.09 Å². The zero-order valence-electron chi connectivity index (χ0n) is 13.0. The van der Waals surface area contributed by atoms with Gasteiger partial charge in [-0.3, -0.25) is 4.57 Å². The second-order valence-electron chi connectivity index (χ2n) is 5.79. The fourth-order valence-electron chi connectivity index (χ4n) is 1.95. The molecule has 0 aliphatic rings. The maximum Gasteiger partial charge on any atom is 0.419 e. The van der Waals surface area contributed by atoms with Gasteiger partial charge < -0.3 is 4.74 Å². The molecule has 0 fully saturated rings. The van der Waals surface area contributed by atoms with E-state index in [0.29, 0.717) is 16.3 Å². The lowest BCUT2D eigenvalue weighted by Crippen LogP contribution is -2.36. The fourth-order valence-corrected chi connectivity index (χ4v) is 1.95. The van der Waals surface area contributed by atoms with Crippen molar-refractivity contribution in [1.29, 1.82) is 10.5 Å². The van der Waals surface area contributed by atoms with Crippen LogP contribution >= 0.6 is 0 Å². The molecule has 0 aliphatic heterocycles. The minimum atomic E-state index is -0.877. The van der Waals surface area contributed by atoms with Gasteiger partial charge in [0.1, 0.15) is 5.60 Å². The van der Waals surface area contributed by atoms with Crippen molar-refractivity contribution in [3.8, 4) is 12.1 Å². The van der Waals surface area contributed by atoms with Crippen LogP contribution in [0.15, 0.2) is 0 Å². The molecule has 0 aromatic carbocycles. The molecule has 0 radical (unpaired) electrons. The Bertz CT molecular complexity index is 738. The minimum Gasteiger partial charge on any atom is -0.443 e. The standard InChI is InChI=1S/C16H19N3O2/c1-10-11(2)19(15(20)21-16(4,5)6)12(3)14(10)7-13(8-17)9-18/h7,13H,3H2,1-2,4-6H3/b14-7+. The van der Waals surface area contributed by atoms with Crippen molar-refractivity contribution in [1.82, 2.24) is 4.57 Å². The highest BCUT2D eigenvalue weighted by Crippen LogP contribution is 2.10. The number of carbonyl (C=O) groups excluding carboxylic acids is 1. The molecule has 1 rings (SSSR count). The van der Waals surface area contributed by atoms with Crippen molar-refractivity contribution in [2.24, 2.45) is 5.92 Å². The molecule has 110 valence electrons. The maximum absolute atomic E-state index is 12.2. The third kappa shape index (κ3) is 3.52. The number of carbonyl (C=O) groups is 1. The number of rotatable bonds is 1. The number of aromatic nitrogens is 1. The van der Waals surface area contributed by atoms with E-state index in [-0.39, 0.29) is 0 Å². The van der Waals surface area contributed by atoms with Crippen LogP contribution < -0.4 is 10.6 Å². The summed E-state index contributed by atoms with van der Waals surface area (Å²) in [6.07, 6.45) is 1.00. The third-order valence-electron chi connectivity index (χ3n) is 3.05. The second kappa shape index (κ2) is 5.85. The van der Waals surface area contributed by atoms with Crippen LogP contribution in [0.1, 0.15) is 32.0 Å². The Morgan fingerprint density at radius 3 is 2.29 bits per heavy atom. The molecule has 0 amide bonds.